The molecule has 0 bridgehead atoms. The number of carbonyl (C=O) groups excluding carboxylic acids is 2. The van der Waals surface area contributed by atoms with Crippen molar-refractivity contribution in [2.24, 2.45) is 0 Å². The van der Waals surface area contributed by atoms with Crippen molar-refractivity contribution in [3.8, 4) is 11.5 Å². The van der Waals surface area contributed by atoms with Gasteiger partial charge in [0, 0.05) is 19.0 Å². The molecule has 6 nitrogen and oxygen atoms in total. The van der Waals surface area contributed by atoms with Crippen molar-refractivity contribution in [2.45, 2.75) is 70.4 Å². The third-order valence-corrected chi connectivity index (χ3v) is 6.65. The Hall–Kier alpha value is -3.02. The van der Waals surface area contributed by atoms with Crippen LogP contribution in [0.15, 0.2) is 48.5 Å². The van der Waals surface area contributed by atoms with Crippen LogP contribution in [0.4, 0.5) is 0 Å². The Labute approximate surface area is 203 Å². The maximum Gasteiger partial charge on any atom is 0.243 e. The fraction of sp³-hybridized carbons (Fsp3) is 0.500. The van der Waals surface area contributed by atoms with Gasteiger partial charge in [-0.1, -0.05) is 56.2 Å². The maximum absolute atomic E-state index is 13.4. The lowest BCUT2D eigenvalue weighted by atomic mass is 10.0. The van der Waals surface area contributed by atoms with Crippen LogP contribution >= 0.6 is 0 Å². The van der Waals surface area contributed by atoms with Crippen LogP contribution in [0.25, 0.3) is 0 Å². The van der Waals surface area contributed by atoms with Gasteiger partial charge in [-0.05, 0) is 55.4 Å². The molecule has 1 atom stereocenters. The number of aryl methyl sites for hydroxylation is 1. The van der Waals surface area contributed by atoms with Gasteiger partial charge in [-0.15, -0.1) is 0 Å². The summed E-state index contributed by atoms with van der Waals surface area (Å²) in [5.74, 6) is 1.29. The van der Waals surface area contributed by atoms with E-state index < -0.39 is 6.04 Å². The molecule has 34 heavy (non-hydrogen) atoms. The molecule has 2 aromatic carbocycles. The normalized spacial score (nSPS) is 14.4. The predicted octanol–water partition coefficient (Wildman–Crippen LogP) is 4.55. The zero-order valence-corrected chi connectivity index (χ0v) is 20.7. The number of hydrogen-bond acceptors (Lipinski definition) is 4. The minimum absolute atomic E-state index is 0.000798. The van der Waals surface area contributed by atoms with E-state index in [0.29, 0.717) is 37.3 Å². The molecule has 0 heterocycles. The van der Waals surface area contributed by atoms with Crippen molar-refractivity contribution in [3.63, 3.8) is 0 Å². The van der Waals surface area contributed by atoms with Gasteiger partial charge in [0.15, 0.2) is 11.5 Å². The molecular weight excluding hydrogens is 428 g/mol. The molecule has 0 radical (unpaired) electrons. The Morgan fingerprint density at radius 2 is 1.68 bits per heavy atom. The van der Waals surface area contributed by atoms with E-state index in [1.165, 1.54) is 0 Å². The number of benzene rings is 2. The molecule has 6 heteroatoms. The Bertz CT molecular complexity index is 925. The number of hydrogen-bond donors (Lipinski definition) is 1. The second-order valence-electron chi connectivity index (χ2n) is 8.93. The monoisotopic (exact) mass is 466 g/mol. The van der Waals surface area contributed by atoms with Gasteiger partial charge in [0.25, 0.3) is 0 Å². The van der Waals surface area contributed by atoms with Crippen LogP contribution in [0.1, 0.15) is 56.6 Å². The highest BCUT2D eigenvalue weighted by Crippen LogP contribution is 2.28. The van der Waals surface area contributed by atoms with Gasteiger partial charge < -0.3 is 19.7 Å². The van der Waals surface area contributed by atoms with Crippen molar-refractivity contribution < 1.29 is 19.1 Å². The first-order chi connectivity index (χ1) is 16.5. The molecule has 3 rings (SSSR count). The topological polar surface area (TPSA) is 67.9 Å². The van der Waals surface area contributed by atoms with E-state index in [-0.39, 0.29) is 17.9 Å². The van der Waals surface area contributed by atoms with Gasteiger partial charge in [0.05, 0.1) is 14.2 Å². The quantitative estimate of drug-likeness (QED) is 0.499. The second-order valence-corrected chi connectivity index (χ2v) is 8.93. The summed E-state index contributed by atoms with van der Waals surface area (Å²) in [6, 6.07) is 15.6. The van der Waals surface area contributed by atoms with Crippen LogP contribution in [0.3, 0.4) is 0 Å². The molecule has 2 aromatic rings. The van der Waals surface area contributed by atoms with Crippen molar-refractivity contribution in [1.29, 1.82) is 0 Å². The van der Waals surface area contributed by atoms with Crippen molar-refractivity contribution in [3.05, 3.63) is 59.7 Å². The van der Waals surface area contributed by atoms with Gasteiger partial charge in [0.2, 0.25) is 11.8 Å². The predicted molar refractivity (Wildman–Crippen MR) is 134 cm³/mol. The Morgan fingerprint density at radius 3 is 2.32 bits per heavy atom. The third kappa shape index (κ3) is 6.99. The summed E-state index contributed by atoms with van der Waals surface area (Å²) in [6.45, 7) is 2.50. The van der Waals surface area contributed by atoms with Gasteiger partial charge in [-0.3, -0.25) is 9.59 Å². The zero-order valence-electron chi connectivity index (χ0n) is 20.7. The summed E-state index contributed by atoms with van der Waals surface area (Å²) in [5, 5.41) is 3.20. The summed E-state index contributed by atoms with van der Waals surface area (Å²) in [6.07, 6.45) is 6.58. The first-order valence-electron chi connectivity index (χ1n) is 12.4. The fourth-order valence-electron chi connectivity index (χ4n) is 4.69. The molecule has 0 aromatic heterocycles. The number of ether oxygens (including phenoxy) is 2. The lowest BCUT2D eigenvalue weighted by Gasteiger charge is -2.31. The number of carbonyl (C=O) groups is 2. The molecule has 0 saturated heterocycles. The molecular formula is C28H38N2O4. The van der Waals surface area contributed by atoms with E-state index in [0.717, 1.165) is 43.2 Å². The van der Waals surface area contributed by atoms with Crippen molar-refractivity contribution in [2.75, 3.05) is 20.8 Å². The van der Waals surface area contributed by atoms with Gasteiger partial charge >= 0.3 is 0 Å². The molecule has 1 saturated carbocycles. The molecule has 0 unspecified atom stereocenters. The van der Waals surface area contributed by atoms with Crippen LogP contribution in [0.5, 0.6) is 11.5 Å². The first-order valence-corrected chi connectivity index (χ1v) is 12.4. The standard InChI is InChI=1S/C28H38N2O4/c1-4-24(28(32)29-23-12-8-9-13-23)30(19-18-21-10-6-5-7-11-21)27(31)17-15-22-14-16-25(33-2)26(20-22)34-3/h5-7,10-11,14,16,20,23-24H,4,8-9,12-13,15,17-19H2,1-3H3,(H,29,32)/t24-/m1/s1. The molecule has 0 spiro atoms. The summed E-state index contributed by atoms with van der Waals surface area (Å²) in [5.41, 5.74) is 2.16. The van der Waals surface area contributed by atoms with E-state index >= 15 is 0 Å². The van der Waals surface area contributed by atoms with Crippen LogP contribution in [0.2, 0.25) is 0 Å². The van der Waals surface area contributed by atoms with E-state index in [2.05, 4.69) is 17.4 Å². The molecule has 2 amide bonds. The minimum atomic E-state index is -0.456. The van der Waals surface area contributed by atoms with E-state index in [9.17, 15) is 9.59 Å². The van der Waals surface area contributed by atoms with E-state index in [1.54, 1.807) is 19.1 Å². The Morgan fingerprint density at radius 1 is 0.971 bits per heavy atom. The molecule has 1 fully saturated rings. The summed E-state index contributed by atoms with van der Waals surface area (Å²) in [7, 11) is 3.21. The maximum atomic E-state index is 13.4. The average molecular weight is 467 g/mol. The second kappa shape index (κ2) is 13.0. The van der Waals surface area contributed by atoms with Gasteiger partial charge in [-0.25, -0.2) is 0 Å². The van der Waals surface area contributed by atoms with Gasteiger partial charge in [0.1, 0.15) is 6.04 Å². The van der Waals surface area contributed by atoms with Crippen molar-refractivity contribution in [1.82, 2.24) is 10.2 Å². The number of nitrogens with zero attached hydrogens (tertiary/aromatic N) is 1. The molecule has 1 N–H and O–H groups in total. The van der Waals surface area contributed by atoms with E-state index in [1.807, 2.05) is 43.3 Å². The number of amides is 2. The highest BCUT2D eigenvalue weighted by molar-refractivity contribution is 5.88. The largest absolute Gasteiger partial charge is 0.493 e. The summed E-state index contributed by atoms with van der Waals surface area (Å²) < 4.78 is 10.7. The SMILES string of the molecule is CC[C@H](C(=O)NC1CCCC1)N(CCc1ccccc1)C(=O)CCc1ccc(OC)c(OC)c1. The Kier molecular flexibility index (Phi) is 9.80. The minimum Gasteiger partial charge on any atom is -0.493 e. The summed E-state index contributed by atoms with van der Waals surface area (Å²) in [4.78, 5) is 28.4. The molecule has 0 aliphatic heterocycles. The Balaban J connectivity index is 1.71. The van der Waals surface area contributed by atoms with Crippen LogP contribution < -0.4 is 14.8 Å². The zero-order chi connectivity index (χ0) is 24.3. The average Bonchev–Trinajstić information content (AvgIpc) is 3.38. The van der Waals surface area contributed by atoms with Crippen LogP contribution in [-0.4, -0.2) is 49.6 Å². The molecule has 184 valence electrons. The van der Waals surface area contributed by atoms with Crippen molar-refractivity contribution >= 4 is 11.8 Å². The lowest BCUT2D eigenvalue weighted by Crippen LogP contribution is -2.51. The molecule has 1 aliphatic carbocycles. The first kappa shape index (κ1) is 25.6. The van der Waals surface area contributed by atoms with Crippen LogP contribution in [0, 0.1) is 0 Å². The number of rotatable bonds is 12. The lowest BCUT2D eigenvalue weighted by molar-refractivity contribution is -0.141. The fourth-order valence-corrected chi connectivity index (χ4v) is 4.69. The van der Waals surface area contributed by atoms with Crippen LogP contribution in [-0.2, 0) is 22.4 Å². The summed E-state index contributed by atoms with van der Waals surface area (Å²) >= 11 is 0. The highest BCUT2D eigenvalue weighted by Gasteiger charge is 2.30. The van der Waals surface area contributed by atoms with E-state index in [4.69, 9.17) is 9.47 Å². The molecule has 1 aliphatic rings. The smallest absolute Gasteiger partial charge is 0.243 e. The highest BCUT2D eigenvalue weighted by atomic mass is 16.5. The number of nitrogens with one attached hydrogen (secondary N) is 1. The van der Waals surface area contributed by atoms with Gasteiger partial charge in [-0.2, -0.15) is 0 Å². The third-order valence-electron chi connectivity index (χ3n) is 6.65. The number of methoxy groups -OCH3 is 2.